The van der Waals surface area contributed by atoms with Gasteiger partial charge >= 0.3 is 0 Å². The molecular formula is C26H29FN4O2S. The number of hydrogen-bond acceptors (Lipinski definition) is 5. The van der Waals surface area contributed by atoms with E-state index in [-0.39, 0.29) is 23.0 Å². The lowest BCUT2D eigenvalue weighted by Gasteiger charge is -2.27. The number of nitrogens with one attached hydrogen (secondary N) is 2. The van der Waals surface area contributed by atoms with Crippen LogP contribution >= 0.6 is 11.8 Å². The van der Waals surface area contributed by atoms with Gasteiger partial charge in [-0.15, -0.1) is 0 Å². The van der Waals surface area contributed by atoms with Crippen LogP contribution in [0.3, 0.4) is 0 Å². The Morgan fingerprint density at radius 2 is 1.88 bits per heavy atom. The molecule has 0 atom stereocenters. The largest absolute Gasteiger partial charge is 0.325 e. The quantitative estimate of drug-likeness (QED) is 0.347. The highest BCUT2D eigenvalue weighted by Crippen LogP contribution is 2.20. The average molecular weight is 481 g/mol. The lowest BCUT2D eigenvalue weighted by molar-refractivity contribution is -0.113. The van der Waals surface area contributed by atoms with E-state index in [1.54, 1.807) is 12.1 Å². The van der Waals surface area contributed by atoms with Crippen LogP contribution < -0.4 is 10.9 Å². The van der Waals surface area contributed by atoms with Gasteiger partial charge in [-0.2, -0.15) is 0 Å². The maximum absolute atomic E-state index is 13.1. The number of aromatic nitrogens is 2. The smallest absolute Gasteiger partial charge is 0.256 e. The van der Waals surface area contributed by atoms with Crippen LogP contribution in [0.1, 0.15) is 42.1 Å². The number of thioether (sulfide) groups is 1. The number of H-pyrrole nitrogens is 1. The van der Waals surface area contributed by atoms with Gasteiger partial charge in [0.05, 0.1) is 17.0 Å². The zero-order valence-corrected chi connectivity index (χ0v) is 20.1. The van der Waals surface area contributed by atoms with E-state index in [9.17, 15) is 14.0 Å². The lowest BCUT2D eigenvalue weighted by Crippen LogP contribution is -2.35. The molecule has 0 radical (unpaired) electrons. The highest BCUT2D eigenvalue weighted by molar-refractivity contribution is 7.99. The van der Waals surface area contributed by atoms with Crippen LogP contribution in [0.5, 0.6) is 0 Å². The molecule has 0 saturated carbocycles. The topological polar surface area (TPSA) is 78.1 Å². The van der Waals surface area contributed by atoms with Crippen molar-refractivity contribution < 1.29 is 9.18 Å². The van der Waals surface area contributed by atoms with Crippen molar-refractivity contribution in [1.82, 2.24) is 14.9 Å². The van der Waals surface area contributed by atoms with E-state index in [1.807, 2.05) is 24.3 Å². The summed E-state index contributed by atoms with van der Waals surface area (Å²) in [7, 11) is 0. The fraction of sp³-hybridized carbons (Fsp3) is 0.346. The van der Waals surface area contributed by atoms with Crippen molar-refractivity contribution in [2.45, 2.75) is 50.9 Å². The first-order chi connectivity index (χ1) is 16.5. The van der Waals surface area contributed by atoms with Gasteiger partial charge in [0.15, 0.2) is 5.16 Å². The Kier molecular flexibility index (Phi) is 8.13. The van der Waals surface area contributed by atoms with Gasteiger partial charge in [0, 0.05) is 31.7 Å². The van der Waals surface area contributed by atoms with Crippen LogP contribution in [0.25, 0.3) is 0 Å². The van der Waals surface area contributed by atoms with E-state index < -0.39 is 0 Å². The molecule has 4 rings (SSSR count). The van der Waals surface area contributed by atoms with Gasteiger partial charge in [-0.1, -0.05) is 49.4 Å². The molecule has 0 spiro atoms. The van der Waals surface area contributed by atoms with Crippen molar-refractivity contribution in [3.8, 4) is 0 Å². The van der Waals surface area contributed by atoms with Gasteiger partial charge in [0.1, 0.15) is 5.82 Å². The first-order valence-corrected chi connectivity index (χ1v) is 12.6. The van der Waals surface area contributed by atoms with Crippen LogP contribution in [0.15, 0.2) is 58.5 Å². The minimum absolute atomic E-state index is 0.142. The number of carbonyl (C=O) groups is 1. The van der Waals surface area contributed by atoms with E-state index in [0.29, 0.717) is 30.2 Å². The summed E-state index contributed by atoms with van der Waals surface area (Å²) in [6.45, 7) is 4.07. The summed E-state index contributed by atoms with van der Waals surface area (Å²) in [5.74, 6) is -0.236. The van der Waals surface area contributed by atoms with Crippen molar-refractivity contribution in [2.75, 3.05) is 17.6 Å². The Hall–Kier alpha value is -2.97. The molecule has 2 heterocycles. The highest BCUT2D eigenvalue weighted by Gasteiger charge is 2.21. The number of aryl methyl sites for hydroxylation is 1. The summed E-state index contributed by atoms with van der Waals surface area (Å²) in [6.07, 6.45) is 4.01. The Labute approximate surface area is 203 Å². The van der Waals surface area contributed by atoms with Gasteiger partial charge in [-0.05, 0) is 48.2 Å². The predicted octanol–water partition coefficient (Wildman–Crippen LogP) is 4.54. The Balaban J connectivity index is 1.31. The fourth-order valence-corrected chi connectivity index (χ4v) is 4.66. The molecule has 1 aromatic heterocycles. The van der Waals surface area contributed by atoms with Gasteiger partial charge < -0.3 is 10.3 Å². The Morgan fingerprint density at radius 1 is 1.15 bits per heavy atom. The minimum atomic E-state index is -0.257. The molecule has 178 valence electrons. The maximum Gasteiger partial charge on any atom is 0.256 e. The van der Waals surface area contributed by atoms with Gasteiger partial charge in [-0.3, -0.25) is 14.5 Å². The van der Waals surface area contributed by atoms with E-state index in [2.05, 4.69) is 27.1 Å². The first kappa shape index (κ1) is 24.2. The Morgan fingerprint density at radius 3 is 2.62 bits per heavy atom. The van der Waals surface area contributed by atoms with E-state index in [1.165, 1.54) is 29.5 Å². The Bertz CT molecular complexity index is 1180. The molecule has 1 aliphatic rings. The van der Waals surface area contributed by atoms with Crippen LogP contribution in [0, 0.1) is 5.82 Å². The number of unbranched alkanes of at least 4 members (excludes halogenated alkanes) is 1. The highest BCUT2D eigenvalue weighted by atomic mass is 32.2. The molecule has 2 aromatic carbocycles. The monoisotopic (exact) mass is 480 g/mol. The summed E-state index contributed by atoms with van der Waals surface area (Å²) in [4.78, 5) is 34.6. The lowest BCUT2D eigenvalue weighted by atomic mass is 10.1. The van der Waals surface area contributed by atoms with Crippen LogP contribution in [-0.4, -0.2) is 33.1 Å². The summed E-state index contributed by atoms with van der Waals surface area (Å²) < 4.78 is 13.1. The number of nitrogens with zero attached hydrogens (tertiary/aromatic N) is 2. The van der Waals surface area contributed by atoms with Crippen LogP contribution in [0.2, 0.25) is 0 Å². The standard InChI is InChI=1S/C26H29FN4O2S/c1-2-3-4-18-7-11-21(12-8-18)28-24(32)17-34-26-29-23-13-14-31(16-22(23)25(33)30-26)15-19-5-9-20(27)10-6-19/h5-12H,2-4,13-17H2,1H3,(H,28,32)(H,29,30,33). The molecule has 1 aliphatic heterocycles. The second-order valence-electron chi connectivity index (χ2n) is 8.52. The number of hydrogen-bond donors (Lipinski definition) is 2. The number of rotatable bonds is 9. The summed E-state index contributed by atoms with van der Waals surface area (Å²) in [5.41, 5.74) is 4.30. The molecule has 0 unspecified atom stereocenters. The van der Waals surface area contributed by atoms with Crippen molar-refractivity contribution in [1.29, 1.82) is 0 Å². The molecule has 0 aliphatic carbocycles. The van der Waals surface area contributed by atoms with Crippen molar-refractivity contribution >= 4 is 23.4 Å². The van der Waals surface area contributed by atoms with Crippen molar-refractivity contribution in [3.63, 3.8) is 0 Å². The maximum atomic E-state index is 13.1. The van der Waals surface area contributed by atoms with E-state index in [0.717, 1.165) is 42.8 Å². The number of aromatic amines is 1. The van der Waals surface area contributed by atoms with Crippen molar-refractivity contribution in [2.24, 2.45) is 0 Å². The summed E-state index contributed by atoms with van der Waals surface area (Å²) in [6, 6.07) is 14.3. The summed E-state index contributed by atoms with van der Waals surface area (Å²) in [5, 5.41) is 3.35. The van der Waals surface area contributed by atoms with Crippen LogP contribution in [-0.2, 0) is 30.7 Å². The molecule has 3 aromatic rings. The zero-order chi connectivity index (χ0) is 23.9. The number of halogens is 1. The molecule has 2 N–H and O–H groups in total. The normalized spacial score (nSPS) is 13.5. The van der Waals surface area contributed by atoms with E-state index >= 15 is 0 Å². The van der Waals surface area contributed by atoms with Crippen molar-refractivity contribution in [3.05, 3.63) is 87.1 Å². The molecule has 0 saturated heterocycles. The number of fused-ring (bicyclic) bond motifs is 1. The molecule has 0 bridgehead atoms. The summed E-state index contributed by atoms with van der Waals surface area (Å²) >= 11 is 1.23. The SMILES string of the molecule is CCCCc1ccc(NC(=O)CSc2nc3c(c(=O)[nH]2)CN(Cc2ccc(F)cc2)CC3)cc1. The third-order valence-corrected chi connectivity index (χ3v) is 6.72. The molecular weight excluding hydrogens is 451 g/mol. The molecule has 0 fully saturated rings. The second kappa shape index (κ2) is 11.4. The molecule has 34 heavy (non-hydrogen) atoms. The second-order valence-corrected chi connectivity index (χ2v) is 9.48. The first-order valence-electron chi connectivity index (χ1n) is 11.6. The van der Waals surface area contributed by atoms with Gasteiger partial charge in [-0.25, -0.2) is 9.37 Å². The molecule has 1 amide bonds. The third-order valence-electron chi connectivity index (χ3n) is 5.84. The number of anilines is 1. The molecule has 8 heteroatoms. The van der Waals surface area contributed by atoms with Gasteiger partial charge in [0.25, 0.3) is 5.56 Å². The van der Waals surface area contributed by atoms with Gasteiger partial charge in [0.2, 0.25) is 5.91 Å². The fourth-order valence-electron chi connectivity index (χ4n) is 3.98. The van der Waals surface area contributed by atoms with E-state index in [4.69, 9.17) is 0 Å². The van der Waals surface area contributed by atoms with Crippen LogP contribution in [0.4, 0.5) is 10.1 Å². The zero-order valence-electron chi connectivity index (χ0n) is 19.3. The average Bonchev–Trinajstić information content (AvgIpc) is 2.84. The number of carbonyl (C=O) groups excluding carboxylic acids is 1. The third kappa shape index (κ3) is 6.55. The predicted molar refractivity (Wildman–Crippen MR) is 133 cm³/mol. The number of amides is 1. The number of benzene rings is 2. The molecule has 6 nitrogen and oxygen atoms in total. The minimum Gasteiger partial charge on any atom is -0.325 e.